The van der Waals surface area contributed by atoms with Crippen LogP contribution in [0.1, 0.15) is 46.5 Å². The summed E-state index contributed by atoms with van der Waals surface area (Å²) in [6.07, 6.45) is 6.93. The predicted molar refractivity (Wildman–Crippen MR) is 69.4 cm³/mol. The Kier molecular flexibility index (Phi) is 9.65. The lowest BCUT2D eigenvalue weighted by Crippen LogP contribution is -2.27. The summed E-state index contributed by atoms with van der Waals surface area (Å²) >= 11 is 0. The maximum atomic E-state index is 5.77. The normalized spacial score (nSPS) is 16.8. The molecule has 0 unspecified atom stereocenters. The second kappa shape index (κ2) is 9.86. The molecule has 0 aliphatic carbocycles. The highest BCUT2D eigenvalue weighted by atomic mass is 16.7. The number of rotatable bonds is 10. The fourth-order valence-corrected chi connectivity index (χ4v) is 1.90. The van der Waals surface area contributed by atoms with Crippen LogP contribution in [0.2, 0.25) is 0 Å². The minimum Gasteiger partial charge on any atom is -0.359 e. The first-order valence-corrected chi connectivity index (χ1v) is 6.38. The predicted octanol–water partition coefficient (Wildman–Crippen LogP) is 4.01. The SMILES string of the molecule is C=CC[C@H](C)[C@@H](C)[C@H](CCCC)OCOC. The highest BCUT2D eigenvalue weighted by Gasteiger charge is 2.22. The summed E-state index contributed by atoms with van der Waals surface area (Å²) in [6.45, 7) is 11.0. The van der Waals surface area contributed by atoms with Crippen LogP contribution >= 0.6 is 0 Å². The van der Waals surface area contributed by atoms with Gasteiger partial charge in [-0.25, -0.2) is 0 Å². The minimum absolute atomic E-state index is 0.315. The molecule has 0 aliphatic heterocycles. The first-order chi connectivity index (χ1) is 7.67. The van der Waals surface area contributed by atoms with Gasteiger partial charge in [0.25, 0.3) is 0 Å². The molecule has 0 heterocycles. The van der Waals surface area contributed by atoms with Crippen LogP contribution in [-0.4, -0.2) is 20.0 Å². The second-order valence-corrected chi connectivity index (χ2v) is 4.61. The largest absolute Gasteiger partial charge is 0.359 e. The number of methoxy groups -OCH3 is 1. The third-order valence-electron chi connectivity index (χ3n) is 3.26. The molecular formula is C14H28O2. The van der Waals surface area contributed by atoms with Gasteiger partial charge in [0.1, 0.15) is 6.79 Å². The van der Waals surface area contributed by atoms with Crippen molar-refractivity contribution < 1.29 is 9.47 Å². The maximum absolute atomic E-state index is 5.77. The van der Waals surface area contributed by atoms with Gasteiger partial charge < -0.3 is 9.47 Å². The van der Waals surface area contributed by atoms with Crippen molar-refractivity contribution in [2.75, 3.05) is 13.9 Å². The molecule has 0 bridgehead atoms. The Morgan fingerprint density at radius 1 is 1.31 bits per heavy atom. The summed E-state index contributed by atoms with van der Waals surface area (Å²) in [5.41, 5.74) is 0. The molecule has 2 heteroatoms. The van der Waals surface area contributed by atoms with E-state index in [2.05, 4.69) is 27.4 Å². The third-order valence-corrected chi connectivity index (χ3v) is 3.26. The van der Waals surface area contributed by atoms with E-state index in [-0.39, 0.29) is 0 Å². The van der Waals surface area contributed by atoms with E-state index in [1.54, 1.807) is 7.11 Å². The summed E-state index contributed by atoms with van der Waals surface area (Å²) < 4.78 is 10.8. The molecule has 2 nitrogen and oxygen atoms in total. The van der Waals surface area contributed by atoms with Crippen LogP contribution < -0.4 is 0 Å². The maximum Gasteiger partial charge on any atom is 0.146 e. The first-order valence-electron chi connectivity index (χ1n) is 6.38. The molecule has 96 valence electrons. The van der Waals surface area contributed by atoms with Crippen molar-refractivity contribution in [2.24, 2.45) is 11.8 Å². The standard InChI is InChI=1S/C14H28O2/c1-6-8-10-14(16-11-15-5)13(4)12(3)9-7-2/h7,12-14H,2,6,8-11H2,1,3-5H3/t12-,13+,14-/m0/s1. The highest BCUT2D eigenvalue weighted by molar-refractivity contribution is 4.78. The summed E-state index contributed by atoms with van der Waals surface area (Å²) in [6, 6.07) is 0. The van der Waals surface area contributed by atoms with E-state index < -0.39 is 0 Å². The lowest BCUT2D eigenvalue weighted by molar-refractivity contribution is -0.0987. The van der Waals surface area contributed by atoms with Crippen LogP contribution in [0.25, 0.3) is 0 Å². The molecule has 0 amide bonds. The fourth-order valence-electron chi connectivity index (χ4n) is 1.90. The van der Waals surface area contributed by atoms with Gasteiger partial charge in [-0.1, -0.05) is 39.7 Å². The molecule has 16 heavy (non-hydrogen) atoms. The Labute approximate surface area is 101 Å². The van der Waals surface area contributed by atoms with Gasteiger partial charge in [-0.05, 0) is 24.7 Å². The third kappa shape index (κ3) is 6.29. The van der Waals surface area contributed by atoms with Crippen molar-refractivity contribution in [3.05, 3.63) is 12.7 Å². The van der Waals surface area contributed by atoms with Gasteiger partial charge in [-0.3, -0.25) is 0 Å². The number of hydrogen-bond acceptors (Lipinski definition) is 2. The van der Waals surface area contributed by atoms with E-state index in [1.807, 2.05) is 6.08 Å². The molecule has 0 aliphatic rings. The smallest absolute Gasteiger partial charge is 0.146 e. The van der Waals surface area contributed by atoms with Crippen molar-refractivity contribution in [1.82, 2.24) is 0 Å². The van der Waals surface area contributed by atoms with E-state index >= 15 is 0 Å². The van der Waals surface area contributed by atoms with Crippen molar-refractivity contribution in [3.63, 3.8) is 0 Å². The number of hydrogen-bond donors (Lipinski definition) is 0. The lowest BCUT2D eigenvalue weighted by atomic mass is 9.86. The molecule has 0 aromatic heterocycles. The molecule has 0 radical (unpaired) electrons. The lowest BCUT2D eigenvalue weighted by Gasteiger charge is -2.28. The molecule has 0 N–H and O–H groups in total. The van der Waals surface area contributed by atoms with Gasteiger partial charge in [0.2, 0.25) is 0 Å². The van der Waals surface area contributed by atoms with Crippen molar-refractivity contribution in [2.45, 2.75) is 52.6 Å². The zero-order chi connectivity index (χ0) is 12.4. The van der Waals surface area contributed by atoms with Crippen molar-refractivity contribution >= 4 is 0 Å². The summed E-state index contributed by atoms with van der Waals surface area (Å²) in [5.74, 6) is 1.18. The molecule has 0 saturated carbocycles. The molecule has 0 spiro atoms. The van der Waals surface area contributed by atoms with Crippen molar-refractivity contribution in [1.29, 1.82) is 0 Å². The molecule has 0 fully saturated rings. The van der Waals surface area contributed by atoms with Crippen LogP contribution in [-0.2, 0) is 9.47 Å². The molecular weight excluding hydrogens is 200 g/mol. The molecule has 0 rings (SSSR count). The van der Waals surface area contributed by atoms with Crippen LogP contribution in [0.5, 0.6) is 0 Å². The topological polar surface area (TPSA) is 18.5 Å². The summed E-state index contributed by atoms with van der Waals surface area (Å²) in [5, 5.41) is 0. The van der Waals surface area contributed by atoms with Gasteiger partial charge in [0.15, 0.2) is 0 Å². The van der Waals surface area contributed by atoms with Gasteiger partial charge in [-0.2, -0.15) is 0 Å². The number of ether oxygens (including phenoxy) is 2. The quantitative estimate of drug-likeness (QED) is 0.415. The monoisotopic (exact) mass is 228 g/mol. The number of allylic oxidation sites excluding steroid dienone is 1. The highest BCUT2D eigenvalue weighted by Crippen LogP contribution is 2.24. The Balaban J connectivity index is 4.16. The van der Waals surface area contributed by atoms with Crippen LogP contribution in [0.15, 0.2) is 12.7 Å². The zero-order valence-corrected chi connectivity index (χ0v) is 11.4. The first kappa shape index (κ1) is 15.7. The van der Waals surface area contributed by atoms with Gasteiger partial charge in [0.05, 0.1) is 6.10 Å². The van der Waals surface area contributed by atoms with E-state index in [4.69, 9.17) is 9.47 Å². The molecule has 3 atom stereocenters. The second-order valence-electron chi connectivity index (χ2n) is 4.61. The Hall–Kier alpha value is -0.340. The van der Waals surface area contributed by atoms with Gasteiger partial charge >= 0.3 is 0 Å². The fraction of sp³-hybridized carbons (Fsp3) is 0.857. The van der Waals surface area contributed by atoms with E-state index in [9.17, 15) is 0 Å². The molecule has 0 aromatic carbocycles. The Bertz CT molecular complexity index is 160. The average Bonchev–Trinajstić information content (AvgIpc) is 2.29. The van der Waals surface area contributed by atoms with E-state index in [0.29, 0.717) is 24.7 Å². The average molecular weight is 228 g/mol. The Morgan fingerprint density at radius 3 is 2.50 bits per heavy atom. The summed E-state index contributed by atoms with van der Waals surface area (Å²) in [7, 11) is 1.68. The number of unbranched alkanes of at least 4 members (excludes halogenated alkanes) is 1. The van der Waals surface area contributed by atoms with Crippen LogP contribution in [0.3, 0.4) is 0 Å². The zero-order valence-electron chi connectivity index (χ0n) is 11.4. The van der Waals surface area contributed by atoms with E-state index in [1.165, 1.54) is 12.8 Å². The van der Waals surface area contributed by atoms with E-state index in [0.717, 1.165) is 12.8 Å². The molecule has 0 aromatic rings. The van der Waals surface area contributed by atoms with Crippen LogP contribution in [0, 0.1) is 11.8 Å². The van der Waals surface area contributed by atoms with Crippen molar-refractivity contribution in [3.8, 4) is 0 Å². The molecule has 0 saturated heterocycles. The Morgan fingerprint density at radius 2 is 2.00 bits per heavy atom. The van der Waals surface area contributed by atoms with Gasteiger partial charge in [0, 0.05) is 7.11 Å². The minimum atomic E-state index is 0.315. The van der Waals surface area contributed by atoms with Crippen LogP contribution in [0.4, 0.5) is 0 Å². The van der Waals surface area contributed by atoms with Gasteiger partial charge in [-0.15, -0.1) is 6.58 Å². The summed E-state index contributed by atoms with van der Waals surface area (Å²) in [4.78, 5) is 0.